The van der Waals surface area contributed by atoms with Gasteiger partial charge < -0.3 is 20.0 Å². The molecular formula is C16H25N3O3. The maximum atomic E-state index is 5.84. The summed E-state index contributed by atoms with van der Waals surface area (Å²) in [5.41, 5.74) is 8.13. The first-order valence-corrected chi connectivity index (χ1v) is 7.59. The first-order valence-electron chi connectivity index (χ1n) is 7.59. The van der Waals surface area contributed by atoms with Crippen molar-refractivity contribution in [2.75, 3.05) is 46.1 Å². The molecule has 0 unspecified atom stereocenters. The van der Waals surface area contributed by atoms with E-state index in [4.69, 9.17) is 20.0 Å². The van der Waals surface area contributed by atoms with Crippen LogP contribution in [0.5, 0.6) is 5.75 Å². The molecule has 0 aliphatic carbocycles. The highest BCUT2D eigenvalue weighted by atomic mass is 16.6. The number of hydrogen-bond donors (Lipinski definition) is 1. The van der Waals surface area contributed by atoms with Crippen molar-refractivity contribution in [3.63, 3.8) is 0 Å². The van der Waals surface area contributed by atoms with E-state index in [1.807, 2.05) is 26.0 Å². The Morgan fingerprint density at radius 1 is 1.27 bits per heavy atom. The van der Waals surface area contributed by atoms with Gasteiger partial charge in [0.1, 0.15) is 12.4 Å². The number of ether oxygens (including phenoxy) is 2. The second-order valence-corrected chi connectivity index (χ2v) is 5.42. The van der Waals surface area contributed by atoms with Crippen LogP contribution in [0.4, 0.5) is 0 Å². The van der Waals surface area contributed by atoms with Crippen LogP contribution >= 0.6 is 0 Å². The van der Waals surface area contributed by atoms with E-state index in [9.17, 15) is 0 Å². The molecule has 22 heavy (non-hydrogen) atoms. The van der Waals surface area contributed by atoms with Crippen LogP contribution in [0.3, 0.4) is 0 Å². The van der Waals surface area contributed by atoms with Gasteiger partial charge in [0.2, 0.25) is 0 Å². The van der Waals surface area contributed by atoms with E-state index in [0.717, 1.165) is 37.6 Å². The van der Waals surface area contributed by atoms with Crippen LogP contribution in [-0.2, 0) is 9.57 Å². The van der Waals surface area contributed by atoms with Crippen LogP contribution in [0.2, 0.25) is 0 Å². The molecule has 0 radical (unpaired) electrons. The fourth-order valence-corrected chi connectivity index (χ4v) is 2.20. The molecule has 1 saturated heterocycles. The van der Waals surface area contributed by atoms with Crippen molar-refractivity contribution >= 4 is 5.84 Å². The maximum absolute atomic E-state index is 5.84. The summed E-state index contributed by atoms with van der Waals surface area (Å²) in [5.74, 6) is 1.36. The summed E-state index contributed by atoms with van der Waals surface area (Å²) in [5, 5.41) is 3.92. The summed E-state index contributed by atoms with van der Waals surface area (Å²) >= 11 is 0. The SMILES string of the molecule is Cc1ccc(C)c(OCCO/N=C(/N)CN2CCOCC2)c1. The second-order valence-electron chi connectivity index (χ2n) is 5.42. The highest BCUT2D eigenvalue weighted by Gasteiger charge is 2.11. The van der Waals surface area contributed by atoms with E-state index >= 15 is 0 Å². The Morgan fingerprint density at radius 2 is 2.05 bits per heavy atom. The quantitative estimate of drug-likeness (QED) is 0.356. The van der Waals surface area contributed by atoms with Crippen molar-refractivity contribution < 1.29 is 14.3 Å². The molecule has 1 aliphatic rings. The first kappa shape index (κ1) is 16.6. The van der Waals surface area contributed by atoms with Gasteiger partial charge in [0.05, 0.1) is 19.8 Å². The van der Waals surface area contributed by atoms with Crippen molar-refractivity contribution in [1.82, 2.24) is 4.90 Å². The van der Waals surface area contributed by atoms with Gasteiger partial charge in [0.25, 0.3) is 0 Å². The lowest BCUT2D eigenvalue weighted by Crippen LogP contribution is -2.41. The van der Waals surface area contributed by atoms with Gasteiger partial charge in [-0.3, -0.25) is 4.90 Å². The number of morpholine rings is 1. The Bertz CT molecular complexity index is 499. The zero-order valence-electron chi connectivity index (χ0n) is 13.4. The predicted molar refractivity (Wildman–Crippen MR) is 86.2 cm³/mol. The number of amidine groups is 1. The molecule has 6 nitrogen and oxygen atoms in total. The van der Waals surface area contributed by atoms with Crippen LogP contribution in [0.15, 0.2) is 23.4 Å². The van der Waals surface area contributed by atoms with Crippen molar-refractivity contribution in [3.05, 3.63) is 29.3 Å². The van der Waals surface area contributed by atoms with Crippen LogP contribution in [0.25, 0.3) is 0 Å². The normalized spacial score (nSPS) is 16.5. The molecule has 2 N–H and O–H groups in total. The minimum Gasteiger partial charge on any atom is -0.490 e. The molecule has 6 heteroatoms. The Labute approximate surface area is 131 Å². The van der Waals surface area contributed by atoms with Gasteiger partial charge in [-0.05, 0) is 31.0 Å². The molecule has 0 amide bonds. The van der Waals surface area contributed by atoms with Gasteiger partial charge in [0.15, 0.2) is 12.4 Å². The molecule has 1 aromatic rings. The van der Waals surface area contributed by atoms with Crippen molar-refractivity contribution in [1.29, 1.82) is 0 Å². The molecule has 0 aromatic heterocycles. The average Bonchev–Trinajstić information content (AvgIpc) is 2.51. The molecule has 0 bridgehead atoms. The number of oxime groups is 1. The Balaban J connectivity index is 1.65. The molecule has 2 rings (SSSR count). The summed E-state index contributed by atoms with van der Waals surface area (Å²) in [7, 11) is 0. The topological polar surface area (TPSA) is 69.3 Å². The lowest BCUT2D eigenvalue weighted by atomic mass is 10.1. The van der Waals surface area contributed by atoms with Crippen molar-refractivity contribution in [2.24, 2.45) is 10.9 Å². The lowest BCUT2D eigenvalue weighted by molar-refractivity contribution is 0.0442. The number of rotatable bonds is 7. The highest BCUT2D eigenvalue weighted by Crippen LogP contribution is 2.18. The largest absolute Gasteiger partial charge is 0.490 e. The first-order chi connectivity index (χ1) is 10.6. The van der Waals surface area contributed by atoms with Crippen LogP contribution in [0.1, 0.15) is 11.1 Å². The van der Waals surface area contributed by atoms with Gasteiger partial charge in [-0.2, -0.15) is 0 Å². The van der Waals surface area contributed by atoms with Gasteiger partial charge in [0, 0.05) is 13.1 Å². The third-order valence-corrected chi connectivity index (χ3v) is 3.45. The van der Waals surface area contributed by atoms with E-state index in [1.165, 1.54) is 5.56 Å². The third-order valence-electron chi connectivity index (χ3n) is 3.45. The van der Waals surface area contributed by atoms with E-state index < -0.39 is 0 Å². The Hall–Kier alpha value is -1.79. The minimum atomic E-state index is 0.372. The maximum Gasteiger partial charge on any atom is 0.153 e. The second kappa shape index (κ2) is 8.60. The molecule has 1 aliphatic heterocycles. The standard InChI is InChI=1S/C16H25N3O3/c1-13-3-4-14(2)15(11-13)21-9-10-22-18-16(17)12-19-5-7-20-8-6-19/h3-4,11H,5-10,12H2,1-2H3,(H2,17,18). The highest BCUT2D eigenvalue weighted by molar-refractivity contribution is 5.81. The fourth-order valence-electron chi connectivity index (χ4n) is 2.20. The Morgan fingerprint density at radius 3 is 2.82 bits per heavy atom. The molecule has 0 saturated carbocycles. The van der Waals surface area contributed by atoms with E-state index in [-0.39, 0.29) is 0 Å². The number of benzene rings is 1. The number of hydrogen-bond acceptors (Lipinski definition) is 5. The van der Waals surface area contributed by atoms with Crippen LogP contribution in [0, 0.1) is 13.8 Å². The van der Waals surface area contributed by atoms with E-state index in [1.54, 1.807) is 0 Å². The molecule has 122 valence electrons. The molecular weight excluding hydrogens is 282 g/mol. The zero-order valence-corrected chi connectivity index (χ0v) is 13.4. The van der Waals surface area contributed by atoms with Gasteiger partial charge in [-0.25, -0.2) is 0 Å². The average molecular weight is 307 g/mol. The lowest BCUT2D eigenvalue weighted by Gasteiger charge is -2.25. The zero-order chi connectivity index (χ0) is 15.8. The van der Waals surface area contributed by atoms with E-state index in [0.29, 0.717) is 25.6 Å². The minimum absolute atomic E-state index is 0.372. The number of nitrogens with zero attached hydrogens (tertiary/aromatic N) is 2. The van der Waals surface area contributed by atoms with Gasteiger partial charge >= 0.3 is 0 Å². The summed E-state index contributed by atoms with van der Waals surface area (Å²) in [6.45, 7) is 8.75. The number of nitrogens with two attached hydrogens (primary N) is 1. The molecule has 0 atom stereocenters. The van der Waals surface area contributed by atoms with Crippen molar-refractivity contribution in [2.45, 2.75) is 13.8 Å². The van der Waals surface area contributed by atoms with Crippen molar-refractivity contribution in [3.8, 4) is 5.75 Å². The molecule has 1 aromatic carbocycles. The van der Waals surface area contributed by atoms with Crippen LogP contribution < -0.4 is 10.5 Å². The molecule has 0 spiro atoms. The summed E-state index contributed by atoms with van der Waals surface area (Å²) in [6, 6.07) is 6.13. The van der Waals surface area contributed by atoms with Crippen LogP contribution in [-0.4, -0.2) is 56.8 Å². The van der Waals surface area contributed by atoms with Gasteiger partial charge in [-0.15, -0.1) is 0 Å². The smallest absolute Gasteiger partial charge is 0.153 e. The third kappa shape index (κ3) is 5.54. The fraction of sp³-hybridized carbons (Fsp3) is 0.562. The summed E-state index contributed by atoms with van der Waals surface area (Å²) in [4.78, 5) is 7.40. The summed E-state index contributed by atoms with van der Waals surface area (Å²) < 4.78 is 11.0. The van der Waals surface area contributed by atoms with Gasteiger partial charge in [-0.1, -0.05) is 17.3 Å². The Kier molecular flexibility index (Phi) is 6.48. The monoisotopic (exact) mass is 307 g/mol. The predicted octanol–water partition coefficient (Wildman–Crippen LogP) is 1.30. The molecule has 1 fully saturated rings. The summed E-state index contributed by atoms with van der Waals surface area (Å²) in [6.07, 6.45) is 0. The number of aryl methyl sites for hydroxylation is 2. The molecule has 1 heterocycles. The van der Waals surface area contributed by atoms with E-state index in [2.05, 4.69) is 16.1 Å².